The van der Waals surface area contributed by atoms with Crippen LogP contribution in [0.5, 0.6) is 5.75 Å². The van der Waals surface area contributed by atoms with Crippen molar-refractivity contribution in [2.75, 3.05) is 18.2 Å². The molecule has 2 heterocycles. The second-order valence-corrected chi connectivity index (χ2v) is 7.68. The van der Waals surface area contributed by atoms with E-state index in [-0.39, 0.29) is 16.8 Å². The number of anilines is 1. The maximum atomic E-state index is 12.4. The number of hydrogen-bond acceptors (Lipinski definition) is 6. The average Bonchev–Trinajstić information content (AvgIpc) is 3.24. The van der Waals surface area contributed by atoms with Crippen molar-refractivity contribution >= 4 is 35.0 Å². The fourth-order valence-corrected chi connectivity index (χ4v) is 3.81. The van der Waals surface area contributed by atoms with E-state index in [1.807, 2.05) is 59.2 Å². The lowest BCUT2D eigenvalue weighted by atomic mass is 10.2. The van der Waals surface area contributed by atoms with Crippen molar-refractivity contribution in [1.82, 2.24) is 19.7 Å². The van der Waals surface area contributed by atoms with Gasteiger partial charge in [0.2, 0.25) is 5.91 Å². The van der Waals surface area contributed by atoms with Gasteiger partial charge in [-0.25, -0.2) is 4.98 Å². The lowest BCUT2D eigenvalue weighted by molar-refractivity contribution is -0.113. The monoisotopic (exact) mass is 451 g/mol. The molecule has 0 atom stereocenters. The van der Waals surface area contributed by atoms with Gasteiger partial charge in [0.1, 0.15) is 5.75 Å². The summed E-state index contributed by atoms with van der Waals surface area (Å²) < 4.78 is 7.17. The average molecular weight is 452 g/mol. The highest BCUT2D eigenvalue weighted by atomic mass is 35.5. The number of ether oxygens (including phenoxy) is 1. The number of thioether (sulfide) groups is 1. The smallest absolute Gasteiger partial charge is 0.234 e. The third kappa shape index (κ3) is 4.87. The summed E-state index contributed by atoms with van der Waals surface area (Å²) in [7, 11) is 1.62. The summed E-state index contributed by atoms with van der Waals surface area (Å²) >= 11 is 7.30. The number of amides is 1. The van der Waals surface area contributed by atoms with E-state index in [1.54, 1.807) is 25.4 Å². The summed E-state index contributed by atoms with van der Waals surface area (Å²) in [6.45, 7) is 0. The zero-order valence-electron chi connectivity index (χ0n) is 16.5. The molecule has 0 bridgehead atoms. The van der Waals surface area contributed by atoms with E-state index < -0.39 is 0 Å². The number of benzene rings is 2. The molecule has 31 heavy (non-hydrogen) atoms. The van der Waals surface area contributed by atoms with Gasteiger partial charge in [0, 0.05) is 17.4 Å². The summed E-state index contributed by atoms with van der Waals surface area (Å²) in [6.07, 6.45) is 1.57. The van der Waals surface area contributed by atoms with Crippen molar-refractivity contribution < 1.29 is 9.53 Å². The Morgan fingerprint density at radius 2 is 1.84 bits per heavy atom. The van der Waals surface area contributed by atoms with Crippen molar-refractivity contribution in [1.29, 1.82) is 0 Å². The number of methoxy groups -OCH3 is 1. The lowest BCUT2D eigenvalue weighted by Crippen LogP contribution is -2.15. The fourth-order valence-electron chi connectivity index (χ4n) is 2.90. The summed E-state index contributed by atoms with van der Waals surface area (Å²) in [6, 6.07) is 20.8. The molecule has 0 unspecified atom stereocenters. The molecule has 7 nitrogen and oxygen atoms in total. The minimum absolute atomic E-state index is 0.138. The van der Waals surface area contributed by atoms with E-state index in [9.17, 15) is 4.79 Å². The van der Waals surface area contributed by atoms with Crippen LogP contribution < -0.4 is 10.1 Å². The van der Waals surface area contributed by atoms with Crippen molar-refractivity contribution in [3.8, 4) is 22.8 Å². The topological polar surface area (TPSA) is 81.9 Å². The molecule has 1 N–H and O–H groups in total. The molecule has 2 aromatic carbocycles. The molecule has 0 fully saturated rings. The van der Waals surface area contributed by atoms with Crippen LogP contribution in [0.1, 0.15) is 0 Å². The number of carbonyl (C=O) groups is 1. The van der Waals surface area contributed by atoms with Crippen LogP contribution in [0.4, 0.5) is 5.69 Å². The van der Waals surface area contributed by atoms with Crippen molar-refractivity contribution in [2.24, 2.45) is 0 Å². The van der Waals surface area contributed by atoms with Crippen molar-refractivity contribution in [2.45, 2.75) is 5.16 Å². The van der Waals surface area contributed by atoms with Gasteiger partial charge in [0.15, 0.2) is 16.1 Å². The van der Waals surface area contributed by atoms with Crippen LogP contribution in [0.3, 0.4) is 0 Å². The van der Waals surface area contributed by atoms with Crippen LogP contribution in [-0.4, -0.2) is 38.5 Å². The number of aromatic nitrogens is 4. The maximum Gasteiger partial charge on any atom is 0.234 e. The number of halogens is 1. The van der Waals surface area contributed by atoms with Crippen molar-refractivity contribution in [3.05, 3.63) is 78.1 Å². The third-order valence-corrected chi connectivity index (χ3v) is 5.59. The molecule has 0 radical (unpaired) electrons. The zero-order chi connectivity index (χ0) is 21.6. The second kappa shape index (κ2) is 9.63. The number of para-hydroxylation sites is 1. The second-order valence-electron chi connectivity index (χ2n) is 6.38. The minimum atomic E-state index is -0.214. The Morgan fingerprint density at radius 3 is 2.55 bits per heavy atom. The summed E-state index contributed by atoms with van der Waals surface area (Å²) in [4.78, 5) is 16.4. The Bertz CT molecular complexity index is 1180. The van der Waals surface area contributed by atoms with Gasteiger partial charge in [-0.1, -0.05) is 41.6 Å². The van der Waals surface area contributed by atoms with Crippen LogP contribution in [0.15, 0.2) is 78.1 Å². The normalized spacial score (nSPS) is 10.6. The first kappa shape index (κ1) is 20.9. The van der Waals surface area contributed by atoms with Gasteiger partial charge in [0.05, 0.1) is 18.6 Å². The Balaban J connectivity index is 1.59. The SMILES string of the molecule is COc1ccc(-c2nnc(SCC(=O)Nc3cccnc3Cl)n2-c2ccccc2)cc1. The number of pyridine rings is 1. The molecule has 156 valence electrons. The van der Waals surface area contributed by atoms with Crippen LogP contribution in [0.25, 0.3) is 17.1 Å². The van der Waals surface area contributed by atoms with E-state index >= 15 is 0 Å². The Morgan fingerprint density at radius 1 is 1.06 bits per heavy atom. The van der Waals surface area contributed by atoms with E-state index in [2.05, 4.69) is 20.5 Å². The van der Waals surface area contributed by atoms with E-state index in [4.69, 9.17) is 16.3 Å². The molecule has 4 aromatic rings. The standard InChI is InChI=1S/C22H18ClN5O2S/c1-30-17-11-9-15(10-12-17)21-26-27-22(28(21)16-6-3-2-4-7-16)31-14-19(29)25-18-8-5-13-24-20(18)23/h2-13H,14H2,1H3,(H,25,29). The van der Waals surface area contributed by atoms with Gasteiger partial charge in [-0.2, -0.15) is 0 Å². The molecule has 1 amide bonds. The van der Waals surface area contributed by atoms with Gasteiger partial charge in [-0.15, -0.1) is 10.2 Å². The quantitative estimate of drug-likeness (QED) is 0.323. The molecule has 4 rings (SSSR count). The summed E-state index contributed by atoms with van der Waals surface area (Å²) in [5.41, 5.74) is 2.25. The highest BCUT2D eigenvalue weighted by molar-refractivity contribution is 7.99. The predicted molar refractivity (Wildman–Crippen MR) is 122 cm³/mol. The summed E-state index contributed by atoms with van der Waals surface area (Å²) in [5.74, 6) is 1.36. The maximum absolute atomic E-state index is 12.4. The molecule has 0 saturated heterocycles. The molecule has 0 aliphatic carbocycles. The first-order valence-corrected chi connectivity index (χ1v) is 10.7. The summed E-state index contributed by atoms with van der Waals surface area (Å²) in [5, 5.41) is 12.3. The number of carbonyl (C=O) groups excluding carboxylic acids is 1. The van der Waals surface area contributed by atoms with Gasteiger partial charge in [-0.05, 0) is 48.5 Å². The molecule has 0 aliphatic rings. The van der Waals surface area contributed by atoms with E-state index in [1.165, 1.54) is 11.8 Å². The molecular weight excluding hydrogens is 434 g/mol. The number of nitrogens with zero attached hydrogens (tertiary/aromatic N) is 4. The Kier molecular flexibility index (Phi) is 6.49. The minimum Gasteiger partial charge on any atom is -0.497 e. The first-order valence-electron chi connectivity index (χ1n) is 9.34. The molecule has 0 saturated carbocycles. The highest BCUT2D eigenvalue weighted by Crippen LogP contribution is 2.29. The van der Waals surface area contributed by atoms with E-state index in [0.29, 0.717) is 16.7 Å². The number of nitrogens with one attached hydrogen (secondary N) is 1. The van der Waals surface area contributed by atoms with Crippen molar-refractivity contribution in [3.63, 3.8) is 0 Å². The molecule has 2 aromatic heterocycles. The van der Waals surface area contributed by atoms with Crippen LogP contribution in [0, 0.1) is 0 Å². The van der Waals surface area contributed by atoms with Gasteiger partial charge in [0.25, 0.3) is 0 Å². The third-order valence-electron chi connectivity index (χ3n) is 4.36. The predicted octanol–water partition coefficient (Wildman–Crippen LogP) is 4.72. The Hall–Kier alpha value is -3.36. The molecule has 9 heteroatoms. The van der Waals surface area contributed by atoms with Crippen LogP contribution >= 0.6 is 23.4 Å². The molecular formula is C22H18ClN5O2S. The lowest BCUT2D eigenvalue weighted by Gasteiger charge is -2.11. The van der Waals surface area contributed by atoms with Gasteiger partial charge in [-0.3, -0.25) is 9.36 Å². The molecule has 0 spiro atoms. The van der Waals surface area contributed by atoms with Gasteiger partial charge < -0.3 is 10.1 Å². The first-order chi connectivity index (χ1) is 15.2. The largest absolute Gasteiger partial charge is 0.497 e. The molecule has 0 aliphatic heterocycles. The number of hydrogen-bond donors (Lipinski definition) is 1. The van der Waals surface area contributed by atoms with Gasteiger partial charge >= 0.3 is 0 Å². The Labute approximate surface area is 188 Å². The van der Waals surface area contributed by atoms with E-state index in [0.717, 1.165) is 17.0 Å². The highest BCUT2D eigenvalue weighted by Gasteiger charge is 2.17. The fraction of sp³-hybridized carbons (Fsp3) is 0.0909. The zero-order valence-corrected chi connectivity index (χ0v) is 18.1. The number of rotatable bonds is 7. The van der Waals surface area contributed by atoms with Crippen LogP contribution in [0.2, 0.25) is 5.15 Å². The van der Waals surface area contributed by atoms with Crippen LogP contribution in [-0.2, 0) is 4.79 Å².